The second-order valence-electron chi connectivity index (χ2n) is 9.33. The molecule has 0 atom stereocenters. The monoisotopic (exact) mass is 631 g/mol. The van der Waals surface area contributed by atoms with E-state index in [9.17, 15) is 8.42 Å². The summed E-state index contributed by atoms with van der Waals surface area (Å²) < 4.78 is 52.0. The van der Waals surface area contributed by atoms with Gasteiger partial charge in [0.25, 0.3) is 15.9 Å². The molecule has 0 amide bonds. The summed E-state index contributed by atoms with van der Waals surface area (Å²) in [5.41, 5.74) is 1.66. The predicted molar refractivity (Wildman–Crippen MR) is 162 cm³/mol. The first kappa shape index (κ1) is 30.1. The number of hydrogen-bond acceptors (Lipinski definition) is 12. The number of ether oxygens (including phenoxy) is 3. The highest BCUT2D eigenvalue weighted by atomic mass is 32.2. The van der Waals surface area contributed by atoms with E-state index in [2.05, 4.69) is 40.7 Å². The average molecular weight is 632 g/mol. The van der Waals surface area contributed by atoms with Crippen molar-refractivity contribution in [3.63, 3.8) is 0 Å². The molecule has 13 nitrogen and oxygen atoms in total. The average Bonchev–Trinajstić information content (AvgIpc) is 3.47. The van der Waals surface area contributed by atoms with Crippen LogP contribution in [0.2, 0.25) is 0 Å². The third-order valence-corrected chi connectivity index (χ3v) is 7.47. The molecule has 224 valence electrons. The van der Waals surface area contributed by atoms with Gasteiger partial charge in [-0.15, -0.1) is 6.42 Å². The number of nitrogens with zero attached hydrogens (tertiary/aromatic N) is 5. The quantitative estimate of drug-likeness (QED) is 0.141. The van der Waals surface area contributed by atoms with Gasteiger partial charge < -0.3 is 18.7 Å². The van der Waals surface area contributed by atoms with Gasteiger partial charge in [-0.05, 0) is 54.0 Å². The number of aromatic nitrogens is 6. The Morgan fingerprint density at radius 3 is 2.55 bits per heavy atom. The van der Waals surface area contributed by atoms with E-state index in [4.69, 9.17) is 37.4 Å². The van der Waals surface area contributed by atoms with Crippen LogP contribution < -0.4 is 18.9 Å². The van der Waals surface area contributed by atoms with Crippen LogP contribution in [0.15, 0.2) is 70.5 Å². The third-order valence-electron chi connectivity index (χ3n) is 6.04. The number of para-hydroxylation sites is 2. The lowest BCUT2D eigenvalue weighted by atomic mass is 10.1. The number of nitrogens with one attached hydrogen (secondary N) is 2. The summed E-state index contributed by atoms with van der Waals surface area (Å²) in [4.78, 5) is 21.6. The molecular weight excluding hydrogens is 606 g/mol. The fraction of sp³-hybridized carbons (Fsp3) is 0.172. The van der Waals surface area contributed by atoms with Gasteiger partial charge in [0.1, 0.15) is 5.69 Å². The molecule has 0 bridgehead atoms. The number of terminal acetylenes is 1. The van der Waals surface area contributed by atoms with Crippen molar-refractivity contribution in [3.05, 3.63) is 71.3 Å². The Morgan fingerprint density at radius 1 is 1.09 bits per heavy atom. The summed E-state index contributed by atoms with van der Waals surface area (Å²) in [6, 6.07) is 13.1. The molecule has 44 heavy (non-hydrogen) atoms. The number of sulfonamides is 1. The van der Waals surface area contributed by atoms with E-state index in [1.807, 2.05) is 13.8 Å². The van der Waals surface area contributed by atoms with Crippen LogP contribution in [0.3, 0.4) is 0 Å². The molecule has 5 aromatic rings. The van der Waals surface area contributed by atoms with E-state index in [0.717, 1.165) is 5.56 Å². The SMILES string of the molecule is C#CCOc1nc(-c2ccnc(-c3nc(=S)o[nH]3)c2)nc(NS(=O)(=O)c2ccc(C(C)C)cn2)c1Oc1ccccc1OC. The summed E-state index contributed by atoms with van der Waals surface area (Å²) in [5, 5.41) is 2.35. The smallest absolute Gasteiger partial charge is 0.314 e. The minimum absolute atomic E-state index is 0.00186. The lowest BCUT2D eigenvalue weighted by Crippen LogP contribution is -2.17. The number of methoxy groups -OCH3 is 1. The molecule has 4 aromatic heterocycles. The van der Waals surface area contributed by atoms with Crippen LogP contribution >= 0.6 is 12.2 Å². The van der Waals surface area contributed by atoms with Gasteiger partial charge in [0.15, 0.2) is 40.6 Å². The number of benzene rings is 1. The first-order chi connectivity index (χ1) is 21.2. The minimum atomic E-state index is -4.28. The lowest BCUT2D eigenvalue weighted by Gasteiger charge is -2.18. The number of hydrogen-bond donors (Lipinski definition) is 2. The van der Waals surface area contributed by atoms with E-state index in [1.165, 1.54) is 25.6 Å². The van der Waals surface area contributed by atoms with E-state index in [1.54, 1.807) is 42.5 Å². The third kappa shape index (κ3) is 6.66. The molecule has 0 aliphatic heterocycles. The number of H-pyrrole nitrogens is 1. The standard InChI is InChI=1S/C29H25N7O6S2/c1-5-14-40-28-24(41-22-9-7-6-8-21(22)39-4)27(36-44(37,38)23-11-10-19(16-31-23)17(2)3)32-25(33-28)18-12-13-30-20(15-18)26-34-29(43)42-35-26/h1,6-13,15-17H,14H2,2-4H3,(H,32,33,36)(H,34,35,43). The zero-order valence-corrected chi connectivity index (χ0v) is 25.3. The maximum Gasteiger partial charge on any atom is 0.314 e. The second kappa shape index (κ2) is 12.9. The van der Waals surface area contributed by atoms with Gasteiger partial charge in [-0.2, -0.15) is 23.5 Å². The van der Waals surface area contributed by atoms with Crippen LogP contribution in [0.4, 0.5) is 5.82 Å². The fourth-order valence-corrected chi connectivity index (χ4v) is 4.92. The van der Waals surface area contributed by atoms with Crippen molar-refractivity contribution in [2.45, 2.75) is 24.8 Å². The molecule has 0 unspecified atom stereocenters. The topological polar surface area (TPSA) is 167 Å². The Hall–Kier alpha value is -5.33. The largest absolute Gasteiger partial charge is 0.493 e. The molecule has 2 N–H and O–H groups in total. The van der Waals surface area contributed by atoms with Gasteiger partial charge in [0, 0.05) is 18.0 Å². The Bertz CT molecular complexity index is 2000. The van der Waals surface area contributed by atoms with Gasteiger partial charge in [-0.3, -0.25) is 9.71 Å². The Kier molecular flexibility index (Phi) is 8.83. The number of aromatic amines is 1. The highest BCUT2D eigenvalue weighted by Gasteiger charge is 2.26. The van der Waals surface area contributed by atoms with Crippen LogP contribution in [0.5, 0.6) is 23.1 Å². The van der Waals surface area contributed by atoms with Crippen molar-refractivity contribution < 1.29 is 27.2 Å². The van der Waals surface area contributed by atoms with Crippen molar-refractivity contribution in [2.75, 3.05) is 18.4 Å². The van der Waals surface area contributed by atoms with Crippen LogP contribution in [0, 0.1) is 17.2 Å². The molecular formula is C29H25N7O6S2. The minimum Gasteiger partial charge on any atom is -0.493 e. The normalized spacial score (nSPS) is 11.2. The summed E-state index contributed by atoms with van der Waals surface area (Å²) in [7, 11) is -2.81. The number of anilines is 1. The van der Waals surface area contributed by atoms with Gasteiger partial charge in [0.2, 0.25) is 5.75 Å². The van der Waals surface area contributed by atoms with Crippen molar-refractivity contribution in [3.8, 4) is 58.4 Å². The molecule has 0 fully saturated rings. The lowest BCUT2D eigenvalue weighted by molar-refractivity contribution is 0.325. The predicted octanol–water partition coefficient (Wildman–Crippen LogP) is 5.38. The van der Waals surface area contributed by atoms with E-state index < -0.39 is 10.0 Å². The van der Waals surface area contributed by atoms with Crippen LogP contribution in [-0.4, -0.2) is 52.2 Å². The Labute approximate surface area is 257 Å². The molecule has 0 saturated carbocycles. The molecule has 0 radical (unpaired) electrons. The van der Waals surface area contributed by atoms with Crippen LogP contribution in [-0.2, 0) is 10.0 Å². The second-order valence-corrected chi connectivity index (χ2v) is 11.3. The molecule has 4 heterocycles. The van der Waals surface area contributed by atoms with Gasteiger partial charge in [-0.1, -0.05) is 38.0 Å². The van der Waals surface area contributed by atoms with E-state index >= 15 is 0 Å². The van der Waals surface area contributed by atoms with Crippen LogP contribution in [0.25, 0.3) is 22.9 Å². The van der Waals surface area contributed by atoms with Crippen molar-refractivity contribution >= 4 is 28.1 Å². The Morgan fingerprint density at radius 2 is 1.89 bits per heavy atom. The molecule has 15 heteroatoms. The molecule has 0 spiro atoms. The van der Waals surface area contributed by atoms with Crippen LogP contribution in [0.1, 0.15) is 25.3 Å². The molecule has 5 rings (SSSR count). The van der Waals surface area contributed by atoms with Gasteiger partial charge in [0.05, 0.1) is 7.11 Å². The first-order valence-electron chi connectivity index (χ1n) is 13.0. The van der Waals surface area contributed by atoms with Gasteiger partial charge >= 0.3 is 4.84 Å². The molecule has 0 aliphatic rings. The first-order valence-corrected chi connectivity index (χ1v) is 14.9. The summed E-state index contributed by atoms with van der Waals surface area (Å²) in [5.74, 6) is 2.91. The molecule has 1 aromatic carbocycles. The molecule has 0 aliphatic carbocycles. The number of pyridine rings is 2. The highest BCUT2D eigenvalue weighted by molar-refractivity contribution is 7.92. The van der Waals surface area contributed by atoms with Crippen molar-refractivity contribution in [1.82, 2.24) is 30.1 Å². The summed E-state index contributed by atoms with van der Waals surface area (Å²) >= 11 is 4.94. The Balaban J connectivity index is 1.67. The molecule has 0 saturated heterocycles. The van der Waals surface area contributed by atoms with Gasteiger partial charge in [-0.25, -0.2) is 9.97 Å². The van der Waals surface area contributed by atoms with Crippen molar-refractivity contribution in [2.24, 2.45) is 0 Å². The maximum atomic E-state index is 13.6. The maximum absolute atomic E-state index is 13.6. The van der Waals surface area contributed by atoms with E-state index in [-0.39, 0.29) is 57.2 Å². The summed E-state index contributed by atoms with van der Waals surface area (Å²) in [6.07, 6.45) is 8.47. The van der Waals surface area contributed by atoms with E-state index in [0.29, 0.717) is 17.0 Å². The highest BCUT2D eigenvalue weighted by Crippen LogP contribution is 2.41. The zero-order valence-electron chi connectivity index (χ0n) is 23.6. The summed E-state index contributed by atoms with van der Waals surface area (Å²) in [6.45, 7) is 3.75. The van der Waals surface area contributed by atoms with Crippen molar-refractivity contribution in [1.29, 1.82) is 0 Å². The fourth-order valence-electron chi connectivity index (χ4n) is 3.85. The number of rotatable bonds is 11. The zero-order chi connectivity index (χ0) is 31.3.